The van der Waals surface area contributed by atoms with E-state index in [1.807, 2.05) is 6.07 Å². The molecule has 0 spiro atoms. The largest absolute Gasteiger partial charge is 0.492 e. The van der Waals surface area contributed by atoms with Crippen LogP contribution in [-0.2, 0) is 11.2 Å². The second kappa shape index (κ2) is 9.64. The minimum Gasteiger partial charge on any atom is -0.492 e. The summed E-state index contributed by atoms with van der Waals surface area (Å²) in [5, 5.41) is 5.38. The number of nitrogens with zero attached hydrogens (tertiary/aromatic N) is 2. The van der Waals surface area contributed by atoms with Gasteiger partial charge in [0.1, 0.15) is 0 Å². The third-order valence-corrected chi connectivity index (χ3v) is 5.39. The molecule has 0 aliphatic carbocycles. The molecule has 7 nitrogen and oxygen atoms in total. The Morgan fingerprint density at radius 2 is 1.97 bits per heavy atom. The Hall–Kier alpha value is -2.35. The van der Waals surface area contributed by atoms with E-state index in [9.17, 15) is 4.79 Å². The van der Waals surface area contributed by atoms with Crippen LogP contribution in [0.25, 0.3) is 0 Å². The summed E-state index contributed by atoms with van der Waals surface area (Å²) in [4.78, 5) is 13.2. The van der Waals surface area contributed by atoms with Crippen molar-refractivity contribution in [2.24, 2.45) is 5.10 Å². The molecule has 2 aromatic rings. The number of hydrazone groups is 1. The number of ether oxygens (including phenoxy) is 3. The summed E-state index contributed by atoms with van der Waals surface area (Å²) in [5.74, 6) is 1.56. The average molecular weight is 473 g/mol. The van der Waals surface area contributed by atoms with Gasteiger partial charge < -0.3 is 19.1 Å². The molecule has 0 aromatic heterocycles. The second-order valence-corrected chi connectivity index (χ2v) is 7.77. The van der Waals surface area contributed by atoms with Crippen LogP contribution in [0.5, 0.6) is 17.2 Å². The minimum atomic E-state index is -0.0217. The van der Waals surface area contributed by atoms with E-state index in [1.54, 1.807) is 37.4 Å². The first-order valence-electron chi connectivity index (χ1n) is 8.96. The van der Waals surface area contributed by atoms with E-state index >= 15 is 0 Å². The van der Waals surface area contributed by atoms with Gasteiger partial charge in [-0.3, -0.25) is 10.2 Å². The van der Waals surface area contributed by atoms with Crippen molar-refractivity contribution in [3.05, 3.63) is 44.4 Å². The number of amides is 1. The molecule has 1 amide bonds. The maximum absolute atomic E-state index is 11.6. The number of carbonyl (C=O) groups excluding carboxylic acids is 1. The van der Waals surface area contributed by atoms with Crippen LogP contribution < -0.4 is 19.6 Å². The Balaban J connectivity index is 1.93. The lowest BCUT2D eigenvalue weighted by Gasteiger charge is -2.17. The molecule has 0 fully saturated rings. The number of benzene rings is 2. The molecule has 30 heavy (non-hydrogen) atoms. The number of anilines is 1. The SMILES string of the molecule is COc1c(/C=N/Nc2c(Cl)cc(Cl)cc2Cl)c(CCN(C)C(C)=O)cc2c1OCO2. The van der Waals surface area contributed by atoms with Gasteiger partial charge in [0, 0.05) is 31.1 Å². The van der Waals surface area contributed by atoms with E-state index in [0.29, 0.717) is 56.5 Å². The van der Waals surface area contributed by atoms with Gasteiger partial charge in [-0.05, 0) is 30.2 Å². The molecular formula is C20H20Cl3N3O4. The van der Waals surface area contributed by atoms with Crippen molar-refractivity contribution in [2.45, 2.75) is 13.3 Å². The van der Waals surface area contributed by atoms with E-state index < -0.39 is 0 Å². The second-order valence-electron chi connectivity index (χ2n) is 6.52. The van der Waals surface area contributed by atoms with Crippen LogP contribution in [0.4, 0.5) is 5.69 Å². The summed E-state index contributed by atoms with van der Waals surface area (Å²) in [6, 6.07) is 5.00. The fourth-order valence-electron chi connectivity index (χ4n) is 2.88. The van der Waals surface area contributed by atoms with Crippen molar-refractivity contribution in [1.29, 1.82) is 0 Å². The van der Waals surface area contributed by atoms with Gasteiger partial charge in [-0.2, -0.15) is 5.10 Å². The lowest BCUT2D eigenvalue weighted by Crippen LogP contribution is -2.26. The maximum Gasteiger partial charge on any atom is 0.231 e. The summed E-state index contributed by atoms with van der Waals surface area (Å²) >= 11 is 18.3. The molecule has 0 unspecified atom stereocenters. The molecule has 2 aromatic carbocycles. The summed E-state index contributed by atoms with van der Waals surface area (Å²) in [7, 11) is 3.28. The first-order chi connectivity index (χ1) is 14.3. The number of nitrogens with one attached hydrogen (secondary N) is 1. The molecule has 1 aliphatic rings. The van der Waals surface area contributed by atoms with Crippen LogP contribution in [0.3, 0.4) is 0 Å². The predicted molar refractivity (Wildman–Crippen MR) is 119 cm³/mol. The van der Waals surface area contributed by atoms with Gasteiger partial charge in [-0.15, -0.1) is 0 Å². The van der Waals surface area contributed by atoms with Crippen molar-refractivity contribution in [2.75, 3.05) is 32.9 Å². The summed E-state index contributed by atoms with van der Waals surface area (Å²) < 4.78 is 16.6. The lowest BCUT2D eigenvalue weighted by molar-refractivity contribution is -0.127. The van der Waals surface area contributed by atoms with Gasteiger partial charge in [0.15, 0.2) is 11.5 Å². The molecule has 160 valence electrons. The Kier molecular flexibility index (Phi) is 7.18. The highest BCUT2D eigenvalue weighted by Gasteiger charge is 2.25. The van der Waals surface area contributed by atoms with Crippen LogP contribution in [-0.4, -0.2) is 44.5 Å². The van der Waals surface area contributed by atoms with Gasteiger partial charge in [0.25, 0.3) is 0 Å². The number of rotatable bonds is 7. The molecule has 0 atom stereocenters. The number of fused-ring (bicyclic) bond motifs is 1. The Labute approximate surface area is 189 Å². The van der Waals surface area contributed by atoms with Crippen LogP contribution in [0, 0.1) is 0 Å². The lowest BCUT2D eigenvalue weighted by atomic mass is 10.0. The third-order valence-electron chi connectivity index (χ3n) is 4.58. The van der Waals surface area contributed by atoms with Crippen molar-refractivity contribution in [3.63, 3.8) is 0 Å². The van der Waals surface area contributed by atoms with E-state index in [0.717, 1.165) is 5.56 Å². The number of methoxy groups -OCH3 is 1. The quantitative estimate of drug-likeness (QED) is 0.461. The molecule has 0 radical (unpaired) electrons. The van der Waals surface area contributed by atoms with E-state index in [2.05, 4.69) is 10.5 Å². The zero-order valence-corrected chi connectivity index (χ0v) is 18.9. The highest BCUT2D eigenvalue weighted by Crippen LogP contribution is 2.44. The van der Waals surface area contributed by atoms with E-state index in [1.165, 1.54) is 6.92 Å². The molecule has 1 aliphatic heterocycles. The normalized spacial score (nSPS) is 12.3. The first kappa shape index (κ1) is 22.3. The summed E-state index contributed by atoms with van der Waals surface area (Å²) in [6.07, 6.45) is 2.15. The molecule has 1 N–H and O–H groups in total. The van der Waals surface area contributed by atoms with Crippen molar-refractivity contribution < 1.29 is 19.0 Å². The molecule has 0 saturated heterocycles. The zero-order valence-electron chi connectivity index (χ0n) is 16.6. The molecule has 10 heteroatoms. The van der Waals surface area contributed by atoms with Crippen molar-refractivity contribution >= 4 is 52.6 Å². The van der Waals surface area contributed by atoms with Gasteiger partial charge in [-0.25, -0.2) is 0 Å². The number of carbonyl (C=O) groups is 1. The Bertz CT molecular complexity index is 975. The average Bonchev–Trinajstić information content (AvgIpc) is 3.15. The molecule has 3 rings (SSSR count). The van der Waals surface area contributed by atoms with Crippen LogP contribution in [0.2, 0.25) is 15.1 Å². The number of likely N-dealkylation sites (N-methyl/N-ethyl adjacent to an activating group) is 1. The van der Waals surface area contributed by atoms with Crippen molar-refractivity contribution in [3.8, 4) is 17.2 Å². The van der Waals surface area contributed by atoms with Gasteiger partial charge in [0.05, 0.1) is 29.1 Å². The van der Waals surface area contributed by atoms with Crippen molar-refractivity contribution in [1.82, 2.24) is 4.90 Å². The number of hydrogen-bond donors (Lipinski definition) is 1. The van der Waals surface area contributed by atoms with Crippen LogP contribution in [0.15, 0.2) is 23.3 Å². The smallest absolute Gasteiger partial charge is 0.231 e. The summed E-state index contributed by atoms with van der Waals surface area (Å²) in [5.41, 5.74) is 4.83. The van der Waals surface area contributed by atoms with Gasteiger partial charge in [-0.1, -0.05) is 34.8 Å². The van der Waals surface area contributed by atoms with Gasteiger partial charge in [0.2, 0.25) is 18.4 Å². The fourth-order valence-corrected chi connectivity index (χ4v) is 3.79. The first-order valence-corrected chi connectivity index (χ1v) is 10.1. The topological polar surface area (TPSA) is 72.4 Å². The molecule has 0 bridgehead atoms. The maximum atomic E-state index is 11.6. The monoisotopic (exact) mass is 471 g/mol. The van der Waals surface area contributed by atoms with Crippen LogP contribution >= 0.6 is 34.8 Å². The highest BCUT2D eigenvalue weighted by molar-refractivity contribution is 6.41. The fraction of sp³-hybridized carbons (Fsp3) is 0.300. The standard InChI is InChI=1S/C20H20Cl3N3O4/c1-11(27)26(2)5-4-12-6-17-20(30-10-29-17)19(28-3)14(12)9-24-25-18-15(22)7-13(21)8-16(18)23/h6-9,25H,4-5,10H2,1-3H3/b24-9+. The van der Waals surface area contributed by atoms with E-state index in [-0.39, 0.29) is 12.7 Å². The Morgan fingerprint density at radius 3 is 2.60 bits per heavy atom. The molecule has 1 heterocycles. The highest BCUT2D eigenvalue weighted by atomic mass is 35.5. The zero-order chi connectivity index (χ0) is 21.8. The van der Waals surface area contributed by atoms with Gasteiger partial charge >= 0.3 is 0 Å². The van der Waals surface area contributed by atoms with Crippen LogP contribution in [0.1, 0.15) is 18.1 Å². The predicted octanol–water partition coefficient (Wildman–Crippen LogP) is 4.85. The number of hydrogen-bond acceptors (Lipinski definition) is 6. The van der Waals surface area contributed by atoms with E-state index in [4.69, 9.17) is 49.0 Å². The minimum absolute atomic E-state index is 0.0217. The molecule has 0 saturated carbocycles. The molecular weight excluding hydrogens is 453 g/mol. The Morgan fingerprint density at radius 1 is 1.27 bits per heavy atom. The third kappa shape index (κ3) is 4.86. The summed E-state index contributed by atoms with van der Waals surface area (Å²) in [6.45, 7) is 2.14. The number of halogens is 3.